The number of pyridine rings is 1. The van der Waals surface area contributed by atoms with Crippen LogP contribution >= 0.6 is 0 Å². The maximum atomic E-state index is 13.8. The third-order valence-corrected chi connectivity index (χ3v) is 3.14. The highest BCUT2D eigenvalue weighted by Crippen LogP contribution is 2.42. The molecule has 0 saturated carbocycles. The van der Waals surface area contributed by atoms with Crippen LogP contribution in [-0.2, 0) is 0 Å². The quantitative estimate of drug-likeness (QED) is 0.642. The highest BCUT2D eigenvalue weighted by Gasteiger charge is 2.39. The standard InChI is InChI=1S/C10H10F2N2/c11-9-3-5-6(4-13-9)7-1-2-8(14-7)10(5)12/h3-4,7-8,10,14H,1-2H2/t7-,8+,10+/m1/s1. The van der Waals surface area contributed by atoms with Crippen LogP contribution in [-0.4, -0.2) is 11.0 Å². The Bertz CT molecular complexity index is 380. The molecule has 0 spiro atoms. The monoisotopic (exact) mass is 196 g/mol. The molecule has 4 heteroatoms. The molecule has 1 aromatic heterocycles. The number of nitrogens with zero attached hydrogens (tertiary/aromatic N) is 1. The smallest absolute Gasteiger partial charge is 0.213 e. The molecular weight excluding hydrogens is 186 g/mol. The Hall–Kier alpha value is -1.03. The molecule has 0 amide bonds. The van der Waals surface area contributed by atoms with E-state index in [0.29, 0.717) is 5.56 Å². The maximum Gasteiger partial charge on any atom is 0.213 e. The minimum atomic E-state index is -1.08. The van der Waals surface area contributed by atoms with Crippen LogP contribution < -0.4 is 5.32 Å². The largest absolute Gasteiger partial charge is 0.304 e. The lowest BCUT2D eigenvalue weighted by molar-refractivity contribution is 0.249. The summed E-state index contributed by atoms with van der Waals surface area (Å²) in [6.45, 7) is 0. The van der Waals surface area contributed by atoms with Crippen LogP contribution in [0.1, 0.15) is 36.2 Å². The predicted octanol–water partition coefficient (Wildman–Crippen LogP) is 2.04. The van der Waals surface area contributed by atoms with Gasteiger partial charge in [0.1, 0.15) is 6.17 Å². The molecule has 2 aliphatic heterocycles. The van der Waals surface area contributed by atoms with Crippen molar-refractivity contribution in [3.63, 3.8) is 0 Å². The summed E-state index contributed by atoms with van der Waals surface area (Å²) in [6.07, 6.45) is 2.12. The van der Waals surface area contributed by atoms with Crippen LogP contribution in [0.15, 0.2) is 12.3 Å². The van der Waals surface area contributed by atoms with Crippen molar-refractivity contribution in [3.8, 4) is 0 Å². The second-order valence-corrected chi connectivity index (χ2v) is 3.94. The van der Waals surface area contributed by atoms with Crippen molar-refractivity contribution in [1.29, 1.82) is 0 Å². The molecule has 3 rings (SSSR count). The molecule has 3 heterocycles. The van der Waals surface area contributed by atoms with Gasteiger partial charge < -0.3 is 5.32 Å². The molecule has 0 aliphatic carbocycles. The van der Waals surface area contributed by atoms with Crippen LogP contribution in [0, 0.1) is 5.95 Å². The van der Waals surface area contributed by atoms with E-state index in [4.69, 9.17) is 0 Å². The molecule has 74 valence electrons. The molecule has 2 nitrogen and oxygen atoms in total. The van der Waals surface area contributed by atoms with Gasteiger partial charge in [-0.2, -0.15) is 4.39 Å². The molecule has 2 aliphatic rings. The maximum absolute atomic E-state index is 13.8. The Morgan fingerprint density at radius 3 is 3.07 bits per heavy atom. The Kier molecular flexibility index (Phi) is 1.62. The van der Waals surface area contributed by atoms with Crippen molar-refractivity contribution in [2.75, 3.05) is 0 Å². The number of nitrogens with one attached hydrogen (secondary N) is 1. The molecule has 1 N–H and O–H groups in total. The molecule has 14 heavy (non-hydrogen) atoms. The summed E-state index contributed by atoms with van der Waals surface area (Å²) in [7, 11) is 0. The number of rotatable bonds is 0. The topological polar surface area (TPSA) is 24.9 Å². The molecule has 2 bridgehead atoms. The lowest BCUT2D eigenvalue weighted by atomic mass is 9.96. The lowest BCUT2D eigenvalue weighted by Gasteiger charge is -2.27. The third kappa shape index (κ3) is 1.00. The fourth-order valence-electron chi connectivity index (χ4n) is 2.45. The number of fused-ring (bicyclic) bond motifs is 4. The zero-order chi connectivity index (χ0) is 9.71. The Morgan fingerprint density at radius 1 is 1.36 bits per heavy atom. The van der Waals surface area contributed by atoms with Gasteiger partial charge in [-0.15, -0.1) is 0 Å². The van der Waals surface area contributed by atoms with Crippen LogP contribution in [0.4, 0.5) is 8.78 Å². The van der Waals surface area contributed by atoms with Gasteiger partial charge in [-0.25, -0.2) is 9.37 Å². The van der Waals surface area contributed by atoms with Gasteiger partial charge in [0.15, 0.2) is 0 Å². The average Bonchev–Trinajstić information content (AvgIpc) is 2.61. The highest BCUT2D eigenvalue weighted by molar-refractivity contribution is 5.34. The molecule has 1 fully saturated rings. The number of hydrogen-bond acceptors (Lipinski definition) is 2. The van der Waals surface area contributed by atoms with Gasteiger partial charge in [0, 0.05) is 18.3 Å². The van der Waals surface area contributed by atoms with Gasteiger partial charge >= 0.3 is 0 Å². The number of hydrogen-bond donors (Lipinski definition) is 1. The zero-order valence-corrected chi connectivity index (χ0v) is 7.50. The Labute approximate surface area is 80.3 Å². The predicted molar refractivity (Wildman–Crippen MR) is 46.9 cm³/mol. The number of aromatic nitrogens is 1. The Balaban J connectivity index is 2.16. The van der Waals surface area contributed by atoms with Crippen LogP contribution in [0.25, 0.3) is 0 Å². The van der Waals surface area contributed by atoms with E-state index in [1.54, 1.807) is 0 Å². The van der Waals surface area contributed by atoms with Gasteiger partial charge in [0.25, 0.3) is 0 Å². The van der Waals surface area contributed by atoms with Gasteiger partial charge in [-0.3, -0.25) is 0 Å². The SMILES string of the molecule is Fc1cc2c(cn1)[C@H]1CC[C@H](N1)[C@H]2F. The van der Waals surface area contributed by atoms with Gasteiger partial charge in [0.05, 0.1) is 0 Å². The van der Waals surface area contributed by atoms with Crippen molar-refractivity contribution in [2.24, 2.45) is 0 Å². The fraction of sp³-hybridized carbons (Fsp3) is 0.500. The van der Waals surface area contributed by atoms with Crippen molar-refractivity contribution in [1.82, 2.24) is 10.3 Å². The van der Waals surface area contributed by atoms with E-state index in [1.807, 2.05) is 0 Å². The zero-order valence-electron chi connectivity index (χ0n) is 7.50. The van der Waals surface area contributed by atoms with E-state index < -0.39 is 12.1 Å². The van der Waals surface area contributed by atoms with Crippen LogP contribution in [0.2, 0.25) is 0 Å². The molecule has 0 aromatic carbocycles. The molecule has 3 atom stereocenters. The molecule has 0 radical (unpaired) electrons. The fourth-order valence-corrected chi connectivity index (χ4v) is 2.45. The van der Waals surface area contributed by atoms with Crippen molar-refractivity contribution < 1.29 is 8.78 Å². The third-order valence-electron chi connectivity index (χ3n) is 3.14. The average molecular weight is 196 g/mol. The van der Waals surface area contributed by atoms with E-state index in [-0.39, 0.29) is 12.1 Å². The molecule has 0 unspecified atom stereocenters. The van der Waals surface area contributed by atoms with Crippen molar-refractivity contribution in [2.45, 2.75) is 31.1 Å². The number of alkyl halides is 1. The normalized spacial score (nSPS) is 34.3. The second-order valence-electron chi connectivity index (χ2n) is 3.94. The first-order chi connectivity index (χ1) is 6.75. The summed E-state index contributed by atoms with van der Waals surface area (Å²) in [5, 5.41) is 3.18. The van der Waals surface area contributed by atoms with Crippen molar-refractivity contribution in [3.05, 3.63) is 29.3 Å². The second kappa shape index (κ2) is 2.73. The minimum Gasteiger partial charge on any atom is -0.304 e. The molecular formula is C10H10F2N2. The summed E-state index contributed by atoms with van der Waals surface area (Å²) in [4.78, 5) is 3.57. The minimum absolute atomic E-state index is 0.130. The van der Waals surface area contributed by atoms with E-state index in [1.165, 1.54) is 12.3 Å². The molecule has 1 saturated heterocycles. The van der Waals surface area contributed by atoms with Gasteiger partial charge in [-0.05, 0) is 30.0 Å². The number of halogens is 2. The Morgan fingerprint density at radius 2 is 2.21 bits per heavy atom. The summed E-state index contributed by atoms with van der Waals surface area (Å²) < 4.78 is 26.6. The van der Waals surface area contributed by atoms with Gasteiger partial charge in [-0.1, -0.05) is 0 Å². The summed E-state index contributed by atoms with van der Waals surface area (Å²) in [5.74, 6) is -0.590. The lowest BCUT2D eigenvalue weighted by Crippen LogP contribution is -2.34. The van der Waals surface area contributed by atoms with E-state index in [2.05, 4.69) is 10.3 Å². The van der Waals surface area contributed by atoms with E-state index in [9.17, 15) is 8.78 Å². The molecule has 1 aromatic rings. The first-order valence-corrected chi connectivity index (χ1v) is 4.81. The van der Waals surface area contributed by atoms with E-state index in [0.717, 1.165) is 18.4 Å². The van der Waals surface area contributed by atoms with Crippen LogP contribution in [0.5, 0.6) is 0 Å². The van der Waals surface area contributed by atoms with Gasteiger partial charge in [0.2, 0.25) is 5.95 Å². The summed E-state index contributed by atoms with van der Waals surface area (Å²) in [5.41, 5.74) is 1.32. The first kappa shape index (κ1) is 8.29. The summed E-state index contributed by atoms with van der Waals surface area (Å²) in [6, 6.07) is 1.27. The van der Waals surface area contributed by atoms with Crippen molar-refractivity contribution >= 4 is 0 Å². The summed E-state index contributed by atoms with van der Waals surface area (Å²) >= 11 is 0. The van der Waals surface area contributed by atoms with Crippen LogP contribution in [0.3, 0.4) is 0 Å². The first-order valence-electron chi connectivity index (χ1n) is 4.81. The highest BCUT2D eigenvalue weighted by atomic mass is 19.1. The van der Waals surface area contributed by atoms with E-state index >= 15 is 0 Å².